The monoisotopic (exact) mass is 292 g/mol. The molecule has 3 aromatic rings. The van der Waals surface area contributed by atoms with Crippen molar-refractivity contribution in [1.82, 2.24) is 4.98 Å². The number of rotatable bonds is 3. The van der Waals surface area contributed by atoms with Crippen LogP contribution in [0.3, 0.4) is 0 Å². The number of anilines is 1. The summed E-state index contributed by atoms with van der Waals surface area (Å²) in [6, 6.07) is 13.9. The number of nitrogens with one attached hydrogen (secondary N) is 2. The van der Waals surface area contributed by atoms with Crippen LogP contribution in [0.2, 0.25) is 0 Å². The summed E-state index contributed by atoms with van der Waals surface area (Å²) in [6.45, 7) is 0.738. The lowest BCUT2D eigenvalue weighted by molar-refractivity contribution is -0.115. The van der Waals surface area contributed by atoms with E-state index in [1.54, 1.807) is 0 Å². The first-order valence-corrected chi connectivity index (χ1v) is 7.39. The smallest absolute Gasteiger partial charge is 0.228 e. The number of fused-ring (bicyclic) bond motifs is 2. The van der Waals surface area contributed by atoms with Gasteiger partial charge in [0.2, 0.25) is 5.91 Å². The highest BCUT2D eigenvalue weighted by Gasteiger charge is 2.13. The SMILES string of the molecule is O=C(Cc1ccc2c(c1)OCC2)Nc1ccc2[nH]ccc2c1. The highest BCUT2D eigenvalue weighted by Crippen LogP contribution is 2.26. The van der Waals surface area contributed by atoms with Crippen molar-refractivity contribution in [2.24, 2.45) is 0 Å². The molecule has 4 rings (SSSR count). The summed E-state index contributed by atoms with van der Waals surface area (Å²) in [5.41, 5.74) is 4.08. The van der Waals surface area contributed by atoms with Crippen LogP contribution in [0.1, 0.15) is 11.1 Å². The molecule has 0 radical (unpaired) electrons. The molecule has 1 aromatic heterocycles. The van der Waals surface area contributed by atoms with E-state index in [4.69, 9.17) is 4.74 Å². The third kappa shape index (κ3) is 2.44. The first kappa shape index (κ1) is 13.0. The van der Waals surface area contributed by atoms with E-state index in [9.17, 15) is 4.79 Å². The number of hydrogen-bond donors (Lipinski definition) is 2. The van der Waals surface area contributed by atoms with Gasteiger partial charge in [0.05, 0.1) is 13.0 Å². The van der Waals surface area contributed by atoms with Gasteiger partial charge in [0.15, 0.2) is 0 Å². The van der Waals surface area contributed by atoms with E-state index in [1.807, 2.05) is 42.6 Å². The maximum Gasteiger partial charge on any atom is 0.228 e. The Morgan fingerprint density at radius 1 is 1.18 bits per heavy atom. The summed E-state index contributed by atoms with van der Waals surface area (Å²) >= 11 is 0. The number of H-pyrrole nitrogens is 1. The fourth-order valence-corrected chi connectivity index (χ4v) is 2.84. The van der Waals surface area contributed by atoms with Crippen LogP contribution in [0, 0.1) is 0 Å². The van der Waals surface area contributed by atoms with Crippen LogP contribution in [0.25, 0.3) is 10.9 Å². The molecule has 4 heteroatoms. The lowest BCUT2D eigenvalue weighted by Gasteiger charge is -2.07. The fourth-order valence-electron chi connectivity index (χ4n) is 2.84. The lowest BCUT2D eigenvalue weighted by Crippen LogP contribution is -2.14. The van der Waals surface area contributed by atoms with Crippen molar-refractivity contribution in [1.29, 1.82) is 0 Å². The summed E-state index contributed by atoms with van der Waals surface area (Å²) in [5.74, 6) is 0.895. The van der Waals surface area contributed by atoms with Gasteiger partial charge in [0.1, 0.15) is 5.75 Å². The molecule has 2 aromatic carbocycles. The lowest BCUT2D eigenvalue weighted by atomic mass is 10.1. The molecular weight excluding hydrogens is 276 g/mol. The molecule has 2 N–H and O–H groups in total. The van der Waals surface area contributed by atoms with Gasteiger partial charge in [-0.15, -0.1) is 0 Å². The van der Waals surface area contributed by atoms with Crippen LogP contribution in [-0.2, 0) is 17.6 Å². The normalized spacial score (nSPS) is 12.9. The van der Waals surface area contributed by atoms with Crippen LogP contribution in [0.15, 0.2) is 48.7 Å². The predicted molar refractivity (Wildman–Crippen MR) is 86.3 cm³/mol. The summed E-state index contributed by atoms with van der Waals surface area (Å²) in [5, 5.41) is 4.03. The Morgan fingerprint density at radius 3 is 3.09 bits per heavy atom. The Morgan fingerprint density at radius 2 is 2.14 bits per heavy atom. The minimum Gasteiger partial charge on any atom is -0.493 e. The van der Waals surface area contributed by atoms with Crippen molar-refractivity contribution < 1.29 is 9.53 Å². The van der Waals surface area contributed by atoms with Crippen molar-refractivity contribution >= 4 is 22.5 Å². The van der Waals surface area contributed by atoms with Crippen molar-refractivity contribution in [2.75, 3.05) is 11.9 Å². The van der Waals surface area contributed by atoms with E-state index in [0.717, 1.165) is 40.9 Å². The summed E-state index contributed by atoms with van der Waals surface area (Å²) in [7, 11) is 0. The number of ether oxygens (including phenoxy) is 1. The maximum atomic E-state index is 12.2. The number of hydrogen-bond acceptors (Lipinski definition) is 2. The average molecular weight is 292 g/mol. The van der Waals surface area contributed by atoms with Gasteiger partial charge >= 0.3 is 0 Å². The number of aromatic amines is 1. The highest BCUT2D eigenvalue weighted by molar-refractivity contribution is 5.94. The Kier molecular flexibility index (Phi) is 3.07. The molecule has 4 nitrogen and oxygen atoms in total. The van der Waals surface area contributed by atoms with Gasteiger partial charge in [-0.1, -0.05) is 12.1 Å². The molecule has 0 aliphatic carbocycles. The molecule has 2 heterocycles. The second kappa shape index (κ2) is 5.22. The molecular formula is C18H16N2O2. The van der Waals surface area contributed by atoms with E-state index < -0.39 is 0 Å². The summed E-state index contributed by atoms with van der Waals surface area (Å²) in [6.07, 6.45) is 3.20. The van der Waals surface area contributed by atoms with Gasteiger partial charge in [-0.25, -0.2) is 0 Å². The first-order valence-electron chi connectivity index (χ1n) is 7.39. The zero-order chi connectivity index (χ0) is 14.9. The highest BCUT2D eigenvalue weighted by atomic mass is 16.5. The van der Waals surface area contributed by atoms with E-state index in [-0.39, 0.29) is 5.91 Å². The van der Waals surface area contributed by atoms with Crippen LogP contribution < -0.4 is 10.1 Å². The van der Waals surface area contributed by atoms with Gasteiger partial charge in [0.25, 0.3) is 0 Å². The maximum absolute atomic E-state index is 12.2. The number of aromatic nitrogens is 1. The van der Waals surface area contributed by atoms with Gasteiger partial charge in [-0.2, -0.15) is 0 Å². The van der Waals surface area contributed by atoms with Crippen LogP contribution in [0.4, 0.5) is 5.69 Å². The molecule has 0 spiro atoms. The van der Waals surface area contributed by atoms with Gasteiger partial charge in [-0.3, -0.25) is 4.79 Å². The van der Waals surface area contributed by atoms with Gasteiger partial charge in [0, 0.05) is 29.2 Å². The topological polar surface area (TPSA) is 54.1 Å². The predicted octanol–water partition coefficient (Wildman–Crippen LogP) is 3.28. The van der Waals surface area contributed by atoms with Crippen molar-refractivity contribution in [2.45, 2.75) is 12.8 Å². The third-order valence-electron chi connectivity index (χ3n) is 3.96. The molecule has 0 unspecified atom stereocenters. The molecule has 0 saturated heterocycles. The minimum absolute atomic E-state index is 0.0205. The Labute approximate surface area is 128 Å². The van der Waals surface area contributed by atoms with Crippen LogP contribution in [-0.4, -0.2) is 17.5 Å². The molecule has 0 atom stereocenters. The third-order valence-corrected chi connectivity index (χ3v) is 3.96. The van der Waals surface area contributed by atoms with E-state index in [1.165, 1.54) is 5.56 Å². The molecule has 0 bridgehead atoms. The standard InChI is InChI=1S/C18H16N2O2/c21-18(10-12-1-2-13-6-8-22-17(13)9-12)20-15-3-4-16-14(11-15)5-7-19-16/h1-5,7,9,11,19H,6,8,10H2,(H,20,21). The van der Waals surface area contributed by atoms with Crippen LogP contribution in [0.5, 0.6) is 5.75 Å². The average Bonchev–Trinajstić information content (AvgIpc) is 3.14. The largest absolute Gasteiger partial charge is 0.493 e. The quantitative estimate of drug-likeness (QED) is 0.778. The molecule has 1 aliphatic heterocycles. The fraction of sp³-hybridized carbons (Fsp3) is 0.167. The summed E-state index contributed by atoms with van der Waals surface area (Å²) < 4.78 is 5.54. The van der Waals surface area contributed by atoms with E-state index in [0.29, 0.717) is 6.42 Å². The van der Waals surface area contributed by atoms with Crippen molar-refractivity contribution in [3.63, 3.8) is 0 Å². The molecule has 110 valence electrons. The van der Waals surface area contributed by atoms with Crippen molar-refractivity contribution in [3.8, 4) is 5.75 Å². The number of carbonyl (C=O) groups excluding carboxylic acids is 1. The number of benzene rings is 2. The second-order valence-electron chi connectivity index (χ2n) is 5.55. The van der Waals surface area contributed by atoms with E-state index >= 15 is 0 Å². The molecule has 0 saturated carbocycles. The Bertz CT molecular complexity index is 851. The van der Waals surface area contributed by atoms with E-state index in [2.05, 4.69) is 16.4 Å². The van der Waals surface area contributed by atoms with Gasteiger partial charge in [-0.05, 0) is 41.5 Å². The first-order chi connectivity index (χ1) is 10.8. The van der Waals surface area contributed by atoms with Crippen LogP contribution >= 0.6 is 0 Å². The Hall–Kier alpha value is -2.75. The zero-order valence-electron chi connectivity index (χ0n) is 12.1. The number of carbonyl (C=O) groups is 1. The molecule has 1 aliphatic rings. The summed E-state index contributed by atoms with van der Waals surface area (Å²) in [4.78, 5) is 15.3. The Balaban J connectivity index is 1.47. The second-order valence-corrected chi connectivity index (χ2v) is 5.55. The molecule has 1 amide bonds. The number of amides is 1. The molecule has 0 fully saturated rings. The van der Waals surface area contributed by atoms with Crippen molar-refractivity contribution in [3.05, 3.63) is 59.8 Å². The molecule has 22 heavy (non-hydrogen) atoms. The zero-order valence-corrected chi connectivity index (χ0v) is 12.1. The van der Waals surface area contributed by atoms with Gasteiger partial charge < -0.3 is 15.0 Å². The minimum atomic E-state index is -0.0205.